The molecule has 0 amide bonds. The Morgan fingerprint density at radius 2 is 2.18 bits per heavy atom. The molecule has 0 fully saturated rings. The van der Waals surface area contributed by atoms with Crippen molar-refractivity contribution in [2.24, 2.45) is 0 Å². The van der Waals surface area contributed by atoms with E-state index in [1.54, 1.807) is 6.07 Å². The number of rotatable bonds is 4. The summed E-state index contributed by atoms with van der Waals surface area (Å²) < 4.78 is 37.7. The van der Waals surface area contributed by atoms with Crippen molar-refractivity contribution in [3.63, 3.8) is 0 Å². The largest absolute Gasteiger partial charge is 0.405 e. The first-order valence-electron chi connectivity index (χ1n) is 4.88. The van der Waals surface area contributed by atoms with Gasteiger partial charge in [-0.2, -0.15) is 18.4 Å². The van der Waals surface area contributed by atoms with Crippen LogP contribution in [0.5, 0.6) is 0 Å². The molecule has 0 radical (unpaired) electrons. The van der Waals surface area contributed by atoms with Gasteiger partial charge in [-0.05, 0) is 28.4 Å². The third-order valence-corrected chi connectivity index (χ3v) is 3.94. The second kappa shape index (κ2) is 5.74. The van der Waals surface area contributed by atoms with E-state index in [2.05, 4.69) is 15.9 Å². The second-order valence-corrected chi connectivity index (χ2v) is 5.30. The quantitative estimate of drug-likeness (QED) is 0.830. The summed E-state index contributed by atoms with van der Waals surface area (Å²) in [6, 6.07) is 3.50. The third kappa shape index (κ3) is 4.21. The van der Waals surface area contributed by atoms with Gasteiger partial charge in [-0.3, -0.25) is 0 Å². The van der Waals surface area contributed by atoms with Crippen LogP contribution in [-0.4, -0.2) is 19.3 Å². The van der Waals surface area contributed by atoms with Crippen molar-refractivity contribution in [2.75, 3.05) is 18.0 Å². The Morgan fingerprint density at radius 3 is 2.59 bits per heavy atom. The van der Waals surface area contributed by atoms with Crippen molar-refractivity contribution >= 4 is 32.3 Å². The fraction of sp³-hybridized carbons (Fsp3) is 0.500. The van der Waals surface area contributed by atoms with Crippen LogP contribution in [0.3, 0.4) is 0 Å². The van der Waals surface area contributed by atoms with Gasteiger partial charge in [-0.25, -0.2) is 0 Å². The SMILES string of the molecule is CCCN(CC(F)(F)F)c1cc(Br)c(C#N)s1. The van der Waals surface area contributed by atoms with Gasteiger partial charge in [0, 0.05) is 11.0 Å². The fourth-order valence-electron chi connectivity index (χ4n) is 1.34. The van der Waals surface area contributed by atoms with Crippen LogP contribution in [0.15, 0.2) is 10.5 Å². The number of hydrogen-bond donors (Lipinski definition) is 0. The molecule has 94 valence electrons. The molecule has 0 saturated carbocycles. The van der Waals surface area contributed by atoms with Crippen molar-refractivity contribution in [2.45, 2.75) is 19.5 Å². The highest BCUT2D eigenvalue weighted by Crippen LogP contribution is 2.34. The fourth-order valence-corrected chi connectivity index (χ4v) is 2.92. The lowest BCUT2D eigenvalue weighted by atomic mass is 10.4. The molecule has 0 aliphatic heterocycles. The van der Waals surface area contributed by atoms with Crippen molar-refractivity contribution in [3.05, 3.63) is 15.4 Å². The third-order valence-electron chi connectivity index (χ3n) is 1.95. The van der Waals surface area contributed by atoms with Crippen LogP contribution >= 0.6 is 27.3 Å². The Bertz CT molecular complexity index is 422. The molecule has 1 aromatic heterocycles. The summed E-state index contributed by atoms with van der Waals surface area (Å²) in [5, 5.41) is 9.23. The highest BCUT2D eigenvalue weighted by atomic mass is 79.9. The van der Waals surface area contributed by atoms with Crippen LogP contribution in [0.1, 0.15) is 18.2 Å². The predicted octanol–water partition coefficient (Wildman–Crippen LogP) is 4.16. The maximum atomic E-state index is 12.4. The summed E-state index contributed by atoms with van der Waals surface area (Å²) in [5.74, 6) is 0. The monoisotopic (exact) mass is 326 g/mol. The number of nitriles is 1. The van der Waals surface area contributed by atoms with Crippen LogP contribution in [-0.2, 0) is 0 Å². The number of anilines is 1. The number of thiophene rings is 1. The number of alkyl halides is 3. The first-order valence-corrected chi connectivity index (χ1v) is 6.49. The molecule has 0 spiro atoms. The average molecular weight is 327 g/mol. The zero-order valence-electron chi connectivity index (χ0n) is 9.01. The molecule has 0 bridgehead atoms. The molecular weight excluding hydrogens is 317 g/mol. The Hall–Kier alpha value is -0.740. The first-order chi connectivity index (χ1) is 7.87. The van der Waals surface area contributed by atoms with Gasteiger partial charge in [0.05, 0.1) is 5.00 Å². The minimum absolute atomic E-state index is 0.317. The molecule has 1 rings (SSSR count). The van der Waals surface area contributed by atoms with E-state index in [9.17, 15) is 13.2 Å². The minimum atomic E-state index is -4.24. The smallest absolute Gasteiger partial charge is 0.354 e. The number of halogens is 4. The summed E-state index contributed by atoms with van der Waals surface area (Å²) in [6.45, 7) is 1.15. The van der Waals surface area contributed by atoms with E-state index in [0.717, 1.165) is 11.3 Å². The molecule has 17 heavy (non-hydrogen) atoms. The minimum Gasteiger partial charge on any atom is -0.354 e. The van der Waals surface area contributed by atoms with Crippen LogP contribution < -0.4 is 4.90 Å². The standard InChI is InChI=1S/C10H10BrF3N2S/c1-2-3-16(6-10(12,13)14)9-4-7(11)8(5-15)17-9/h4H,2-3,6H2,1H3. The van der Waals surface area contributed by atoms with Gasteiger partial charge < -0.3 is 4.90 Å². The van der Waals surface area contributed by atoms with Gasteiger partial charge >= 0.3 is 6.18 Å². The van der Waals surface area contributed by atoms with Crippen molar-refractivity contribution < 1.29 is 13.2 Å². The maximum absolute atomic E-state index is 12.4. The molecule has 0 aliphatic carbocycles. The van der Waals surface area contributed by atoms with Crippen LogP contribution in [0.4, 0.5) is 18.2 Å². The zero-order chi connectivity index (χ0) is 13.1. The normalized spacial score (nSPS) is 11.3. The summed E-state index contributed by atoms with van der Waals surface area (Å²) in [7, 11) is 0. The van der Waals surface area contributed by atoms with Crippen LogP contribution in [0.2, 0.25) is 0 Å². The average Bonchev–Trinajstić information content (AvgIpc) is 2.57. The molecule has 0 unspecified atom stereocenters. The number of hydrogen-bond acceptors (Lipinski definition) is 3. The van der Waals surface area contributed by atoms with Crippen molar-refractivity contribution in [1.82, 2.24) is 0 Å². The van der Waals surface area contributed by atoms with Gasteiger partial charge in [-0.15, -0.1) is 11.3 Å². The summed E-state index contributed by atoms with van der Waals surface area (Å²) in [6.07, 6.45) is -3.62. The van der Waals surface area contributed by atoms with E-state index >= 15 is 0 Å². The lowest BCUT2D eigenvalue weighted by Gasteiger charge is -2.23. The van der Waals surface area contributed by atoms with E-state index in [4.69, 9.17) is 5.26 Å². The van der Waals surface area contributed by atoms with Gasteiger partial charge in [0.2, 0.25) is 0 Å². The predicted molar refractivity (Wildman–Crippen MR) is 65.3 cm³/mol. The topological polar surface area (TPSA) is 27.0 Å². The molecule has 1 heterocycles. The van der Waals surface area contributed by atoms with E-state index in [1.807, 2.05) is 13.0 Å². The lowest BCUT2D eigenvalue weighted by molar-refractivity contribution is -0.119. The Morgan fingerprint density at radius 1 is 1.53 bits per heavy atom. The van der Waals surface area contributed by atoms with E-state index in [1.165, 1.54) is 4.90 Å². The molecule has 7 heteroatoms. The van der Waals surface area contributed by atoms with Crippen LogP contribution in [0.25, 0.3) is 0 Å². The van der Waals surface area contributed by atoms with Gasteiger partial charge in [0.15, 0.2) is 0 Å². The molecule has 0 aliphatic rings. The molecular formula is C10H10BrF3N2S. The van der Waals surface area contributed by atoms with Crippen molar-refractivity contribution in [1.29, 1.82) is 5.26 Å². The van der Waals surface area contributed by atoms with Crippen LogP contribution in [0, 0.1) is 11.3 Å². The van der Waals surface area contributed by atoms with Gasteiger partial charge in [-0.1, -0.05) is 6.92 Å². The van der Waals surface area contributed by atoms with E-state index in [-0.39, 0.29) is 0 Å². The Kier molecular flexibility index (Phi) is 4.83. The van der Waals surface area contributed by atoms with E-state index in [0.29, 0.717) is 27.3 Å². The molecule has 0 N–H and O–H groups in total. The van der Waals surface area contributed by atoms with Gasteiger partial charge in [0.1, 0.15) is 17.5 Å². The lowest BCUT2D eigenvalue weighted by Crippen LogP contribution is -2.34. The first kappa shape index (κ1) is 14.3. The zero-order valence-corrected chi connectivity index (χ0v) is 11.4. The molecule has 0 atom stereocenters. The van der Waals surface area contributed by atoms with Gasteiger partial charge in [0.25, 0.3) is 0 Å². The molecule has 2 nitrogen and oxygen atoms in total. The highest BCUT2D eigenvalue weighted by Gasteiger charge is 2.31. The molecule has 0 aromatic carbocycles. The molecule has 0 saturated heterocycles. The summed E-state index contributed by atoms with van der Waals surface area (Å²) in [5.41, 5.74) is 0. The van der Waals surface area contributed by atoms with Crippen molar-refractivity contribution in [3.8, 4) is 6.07 Å². The maximum Gasteiger partial charge on any atom is 0.405 e. The van der Waals surface area contributed by atoms with E-state index < -0.39 is 12.7 Å². The molecule has 1 aromatic rings. The number of nitrogens with zero attached hydrogens (tertiary/aromatic N) is 2. The highest BCUT2D eigenvalue weighted by molar-refractivity contribution is 9.10. The Labute approximate surface area is 110 Å². The summed E-state index contributed by atoms with van der Waals surface area (Å²) in [4.78, 5) is 1.64. The second-order valence-electron chi connectivity index (χ2n) is 3.41. The summed E-state index contributed by atoms with van der Waals surface area (Å²) >= 11 is 4.22. The Balaban J connectivity index is 2.94.